The van der Waals surface area contributed by atoms with Gasteiger partial charge in [-0.2, -0.15) is 0 Å². The smallest absolute Gasteiger partial charge is 0.341 e. The van der Waals surface area contributed by atoms with Gasteiger partial charge in [0.15, 0.2) is 5.16 Å². The monoisotopic (exact) mass is 491 g/mol. The van der Waals surface area contributed by atoms with E-state index in [2.05, 4.69) is 5.32 Å². The molecule has 170 valence electrons. The summed E-state index contributed by atoms with van der Waals surface area (Å²) in [6.07, 6.45) is 4.20. The number of nitrogens with zero attached hydrogens (tertiary/aromatic N) is 2. The van der Waals surface area contributed by atoms with Gasteiger partial charge in [-0.05, 0) is 57.6 Å². The highest BCUT2D eigenvalue weighted by Crippen LogP contribution is 2.35. The van der Waals surface area contributed by atoms with Crippen LogP contribution < -0.4 is 10.9 Å². The average Bonchev–Trinajstić information content (AvgIpc) is 3.26. The number of esters is 1. The summed E-state index contributed by atoms with van der Waals surface area (Å²) < 4.78 is 6.68. The third-order valence-electron chi connectivity index (χ3n) is 5.61. The van der Waals surface area contributed by atoms with Crippen LogP contribution in [0.25, 0.3) is 10.2 Å². The lowest BCUT2D eigenvalue weighted by Crippen LogP contribution is -2.22. The maximum atomic E-state index is 13.0. The van der Waals surface area contributed by atoms with E-state index < -0.39 is 5.97 Å². The number of aryl methyl sites for hydroxylation is 3. The maximum absolute atomic E-state index is 13.0. The fourth-order valence-electron chi connectivity index (χ4n) is 3.85. The molecule has 1 aliphatic carbocycles. The topological polar surface area (TPSA) is 90.3 Å². The van der Waals surface area contributed by atoms with Crippen molar-refractivity contribution >= 4 is 61.5 Å². The molecule has 7 nitrogen and oxygen atoms in total. The van der Waals surface area contributed by atoms with E-state index in [1.807, 2.05) is 13.8 Å². The Morgan fingerprint density at radius 3 is 2.72 bits per heavy atom. The van der Waals surface area contributed by atoms with Gasteiger partial charge in [0.2, 0.25) is 5.91 Å². The van der Waals surface area contributed by atoms with E-state index >= 15 is 0 Å². The van der Waals surface area contributed by atoms with Crippen LogP contribution in [0.15, 0.2) is 9.95 Å². The molecule has 3 aromatic rings. The second kappa shape index (κ2) is 9.36. The van der Waals surface area contributed by atoms with E-state index in [4.69, 9.17) is 9.72 Å². The number of nitrogens with one attached hydrogen (secondary N) is 1. The molecular formula is C22H25N3O4S3. The van der Waals surface area contributed by atoms with Crippen LogP contribution in [0, 0.1) is 13.8 Å². The molecule has 1 N–H and O–H groups in total. The minimum absolute atomic E-state index is 0.0496. The number of anilines is 1. The molecule has 0 saturated heterocycles. The van der Waals surface area contributed by atoms with E-state index in [-0.39, 0.29) is 23.8 Å². The van der Waals surface area contributed by atoms with Gasteiger partial charge in [0, 0.05) is 16.8 Å². The first-order chi connectivity index (χ1) is 15.3. The number of carbonyl (C=O) groups excluding carboxylic acids is 2. The number of fused-ring (bicyclic) bond motifs is 3. The molecule has 0 aliphatic heterocycles. The van der Waals surface area contributed by atoms with Gasteiger partial charge in [-0.3, -0.25) is 14.2 Å². The maximum Gasteiger partial charge on any atom is 0.341 e. The molecule has 0 bridgehead atoms. The summed E-state index contributed by atoms with van der Waals surface area (Å²) in [6.45, 7) is 5.77. The molecule has 1 aliphatic rings. The number of aromatic nitrogens is 2. The van der Waals surface area contributed by atoms with E-state index in [0.717, 1.165) is 51.9 Å². The Bertz CT molecular complexity index is 1270. The first kappa shape index (κ1) is 23.0. The summed E-state index contributed by atoms with van der Waals surface area (Å²) in [5.41, 5.74) is 2.33. The Morgan fingerprint density at radius 1 is 1.22 bits per heavy atom. The second-order valence-corrected chi connectivity index (χ2v) is 10.9. The average molecular weight is 492 g/mol. The third kappa shape index (κ3) is 4.23. The van der Waals surface area contributed by atoms with E-state index in [0.29, 0.717) is 15.7 Å². The Kier molecular flexibility index (Phi) is 6.73. The normalized spacial score (nSPS) is 13.2. The molecule has 0 spiro atoms. The highest BCUT2D eigenvalue weighted by Gasteiger charge is 2.24. The van der Waals surface area contributed by atoms with Gasteiger partial charge in [0.25, 0.3) is 5.56 Å². The summed E-state index contributed by atoms with van der Waals surface area (Å²) in [5.74, 6) is -0.620. The van der Waals surface area contributed by atoms with Gasteiger partial charge in [-0.1, -0.05) is 11.8 Å². The molecule has 10 heteroatoms. The number of ether oxygens (including phenoxy) is 1. The standard InChI is InChI=1S/C22H25N3O4S3/c1-5-29-21(28)16-11(2)12(3)31-18(16)23-15(26)10-30-22-24-19-17(20(27)25(22)4)13-8-6-7-9-14(13)32-19/h5-10H2,1-4H3,(H,23,26). The molecule has 32 heavy (non-hydrogen) atoms. The van der Waals surface area contributed by atoms with Crippen LogP contribution in [0.4, 0.5) is 5.00 Å². The highest BCUT2D eigenvalue weighted by molar-refractivity contribution is 7.99. The van der Waals surface area contributed by atoms with Gasteiger partial charge in [-0.25, -0.2) is 9.78 Å². The summed E-state index contributed by atoms with van der Waals surface area (Å²) in [5, 5.41) is 4.59. The van der Waals surface area contributed by atoms with Crippen molar-refractivity contribution in [1.82, 2.24) is 9.55 Å². The predicted molar refractivity (Wildman–Crippen MR) is 131 cm³/mol. The lowest BCUT2D eigenvalue weighted by atomic mass is 9.97. The van der Waals surface area contributed by atoms with Crippen molar-refractivity contribution in [2.24, 2.45) is 7.05 Å². The van der Waals surface area contributed by atoms with Gasteiger partial charge in [0.05, 0.1) is 23.3 Å². The molecule has 0 saturated carbocycles. The lowest BCUT2D eigenvalue weighted by Gasteiger charge is -2.11. The summed E-state index contributed by atoms with van der Waals surface area (Å²) >= 11 is 4.18. The predicted octanol–water partition coefficient (Wildman–Crippen LogP) is 4.46. The van der Waals surface area contributed by atoms with Gasteiger partial charge in [0.1, 0.15) is 9.83 Å². The van der Waals surface area contributed by atoms with Crippen LogP contribution in [0.2, 0.25) is 0 Å². The Hall–Kier alpha value is -2.17. The molecule has 3 aromatic heterocycles. The quantitative estimate of drug-likeness (QED) is 0.311. The SMILES string of the molecule is CCOC(=O)c1c(NC(=O)CSc2nc3sc4c(c3c(=O)n2C)CCCC4)sc(C)c1C. The number of hydrogen-bond acceptors (Lipinski definition) is 8. The largest absolute Gasteiger partial charge is 0.462 e. The Morgan fingerprint density at radius 2 is 1.97 bits per heavy atom. The molecule has 0 radical (unpaired) electrons. The van der Waals surface area contributed by atoms with Gasteiger partial charge >= 0.3 is 5.97 Å². The molecule has 0 unspecified atom stereocenters. The van der Waals surface area contributed by atoms with Crippen molar-refractivity contribution in [3.8, 4) is 0 Å². The first-order valence-electron chi connectivity index (χ1n) is 10.5. The number of thioether (sulfide) groups is 1. The van der Waals surface area contributed by atoms with Crippen LogP contribution >= 0.6 is 34.4 Å². The van der Waals surface area contributed by atoms with Gasteiger partial charge in [-0.15, -0.1) is 22.7 Å². The van der Waals surface area contributed by atoms with Gasteiger partial charge < -0.3 is 10.1 Å². The fraction of sp³-hybridized carbons (Fsp3) is 0.455. The molecule has 1 amide bonds. The number of thiophene rings is 2. The third-order valence-corrected chi connectivity index (χ3v) is 8.94. The Balaban J connectivity index is 1.53. The first-order valence-corrected chi connectivity index (χ1v) is 13.1. The zero-order valence-electron chi connectivity index (χ0n) is 18.5. The minimum Gasteiger partial charge on any atom is -0.462 e. The van der Waals surface area contributed by atoms with Crippen molar-refractivity contribution < 1.29 is 14.3 Å². The lowest BCUT2D eigenvalue weighted by molar-refractivity contribution is -0.113. The second-order valence-electron chi connectivity index (χ2n) is 7.69. The van der Waals surface area contributed by atoms with Crippen molar-refractivity contribution in [3.63, 3.8) is 0 Å². The molecule has 0 atom stereocenters. The molecule has 4 rings (SSSR count). The van der Waals surface area contributed by atoms with Crippen molar-refractivity contribution in [1.29, 1.82) is 0 Å². The molecule has 0 fully saturated rings. The fourth-order valence-corrected chi connectivity index (χ4v) is 6.99. The van der Waals surface area contributed by atoms with E-state index in [1.54, 1.807) is 25.3 Å². The highest BCUT2D eigenvalue weighted by atomic mass is 32.2. The molecule has 3 heterocycles. The van der Waals surface area contributed by atoms with Crippen LogP contribution in [-0.4, -0.2) is 33.8 Å². The summed E-state index contributed by atoms with van der Waals surface area (Å²) in [4.78, 5) is 45.7. The minimum atomic E-state index is -0.437. The van der Waals surface area contributed by atoms with Crippen molar-refractivity contribution in [2.45, 2.75) is 51.6 Å². The number of hydrogen-bond donors (Lipinski definition) is 1. The summed E-state index contributed by atoms with van der Waals surface area (Å²) in [7, 11) is 1.70. The van der Waals surface area contributed by atoms with E-state index in [9.17, 15) is 14.4 Å². The van der Waals surface area contributed by atoms with Crippen molar-refractivity contribution in [2.75, 3.05) is 17.7 Å². The van der Waals surface area contributed by atoms with Crippen LogP contribution in [0.1, 0.15) is 51.0 Å². The Labute approximate surface area is 198 Å². The number of rotatable bonds is 6. The summed E-state index contributed by atoms with van der Waals surface area (Å²) in [6, 6.07) is 0. The number of carbonyl (C=O) groups is 2. The van der Waals surface area contributed by atoms with Crippen LogP contribution in [0.3, 0.4) is 0 Å². The number of amides is 1. The zero-order chi connectivity index (χ0) is 23.0. The van der Waals surface area contributed by atoms with E-state index in [1.165, 1.54) is 32.5 Å². The van der Waals surface area contributed by atoms with Crippen molar-refractivity contribution in [3.05, 3.63) is 36.8 Å². The van der Waals surface area contributed by atoms with Crippen LogP contribution in [-0.2, 0) is 29.4 Å². The zero-order valence-corrected chi connectivity index (χ0v) is 20.9. The molecule has 0 aromatic carbocycles. The molecular weight excluding hydrogens is 466 g/mol. The van der Waals surface area contributed by atoms with Crippen LogP contribution in [0.5, 0.6) is 0 Å².